The zero-order chi connectivity index (χ0) is 13.7. The zero-order valence-corrected chi connectivity index (χ0v) is 11.7. The average molecular weight is 295 g/mol. The lowest BCUT2D eigenvalue weighted by atomic mass is 10.2. The molecular formula is C13H11ClN2O2S. The summed E-state index contributed by atoms with van der Waals surface area (Å²) >= 11 is 7.17. The smallest absolute Gasteiger partial charge is 0.271 e. The van der Waals surface area contributed by atoms with Crippen LogP contribution in [0.1, 0.15) is 15.2 Å². The minimum absolute atomic E-state index is 0.294. The quantitative estimate of drug-likeness (QED) is 0.695. The number of thiophene rings is 1. The van der Waals surface area contributed by atoms with Crippen molar-refractivity contribution in [1.82, 2.24) is 5.43 Å². The van der Waals surface area contributed by atoms with Crippen LogP contribution in [0.5, 0.6) is 5.75 Å². The summed E-state index contributed by atoms with van der Waals surface area (Å²) in [6.07, 6.45) is 1.55. The lowest BCUT2D eigenvalue weighted by molar-refractivity contribution is 0.0955. The highest BCUT2D eigenvalue weighted by atomic mass is 35.5. The van der Waals surface area contributed by atoms with E-state index in [9.17, 15) is 4.79 Å². The third-order valence-corrected chi connectivity index (χ3v) is 3.45. The molecule has 0 radical (unpaired) electrons. The number of nitrogens with one attached hydrogen (secondary N) is 1. The summed E-state index contributed by atoms with van der Waals surface area (Å²) in [6.45, 7) is 0. The van der Waals surface area contributed by atoms with Gasteiger partial charge in [0.05, 0.1) is 17.7 Å². The van der Waals surface area contributed by atoms with E-state index in [1.54, 1.807) is 43.7 Å². The number of halogens is 1. The number of ether oxygens (including phenoxy) is 1. The fraction of sp³-hybridized carbons (Fsp3) is 0.0769. The first kappa shape index (κ1) is 13.6. The number of hydrogen-bond acceptors (Lipinski definition) is 4. The van der Waals surface area contributed by atoms with Gasteiger partial charge in [0.2, 0.25) is 0 Å². The number of hydrazone groups is 1. The van der Waals surface area contributed by atoms with Gasteiger partial charge >= 0.3 is 0 Å². The van der Waals surface area contributed by atoms with Crippen LogP contribution in [0.3, 0.4) is 0 Å². The molecule has 0 saturated carbocycles. The Labute approximate surface area is 119 Å². The molecule has 0 atom stereocenters. The van der Waals surface area contributed by atoms with Gasteiger partial charge in [0, 0.05) is 10.4 Å². The maximum absolute atomic E-state index is 11.8. The molecule has 1 aromatic carbocycles. The number of carbonyl (C=O) groups is 1. The maximum Gasteiger partial charge on any atom is 0.271 e. The van der Waals surface area contributed by atoms with Crippen LogP contribution in [0.2, 0.25) is 4.34 Å². The fourth-order valence-corrected chi connectivity index (χ4v) is 2.31. The van der Waals surface area contributed by atoms with Crippen molar-refractivity contribution in [2.24, 2.45) is 5.10 Å². The number of amides is 1. The Kier molecular flexibility index (Phi) is 4.54. The summed E-state index contributed by atoms with van der Waals surface area (Å²) < 4.78 is 5.73. The van der Waals surface area contributed by atoms with Crippen LogP contribution in [0, 0.1) is 0 Å². The maximum atomic E-state index is 11.8. The SMILES string of the molecule is COc1cccc(C(=O)N/N=C/c2ccc(Cl)s2)c1. The van der Waals surface area contributed by atoms with Gasteiger partial charge in [-0.25, -0.2) is 5.43 Å². The Morgan fingerprint density at radius 2 is 2.26 bits per heavy atom. The van der Waals surface area contributed by atoms with Crippen molar-refractivity contribution in [1.29, 1.82) is 0 Å². The Balaban J connectivity index is 1.99. The fourth-order valence-electron chi connectivity index (χ4n) is 1.38. The Morgan fingerprint density at radius 3 is 2.95 bits per heavy atom. The third kappa shape index (κ3) is 3.81. The first-order chi connectivity index (χ1) is 9.19. The van der Waals surface area contributed by atoms with Crippen molar-refractivity contribution in [3.63, 3.8) is 0 Å². The van der Waals surface area contributed by atoms with Crippen LogP contribution in [0.4, 0.5) is 0 Å². The Morgan fingerprint density at radius 1 is 1.42 bits per heavy atom. The van der Waals surface area contributed by atoms with Crippen molar-refractivity contribution in [3.8, 4) is 5.75 Å². The van der Waals surface area contributed by atoms with Gasteiger partial charge in [-0.3, -0.25) is 4.79 Å². The molecule has 1 aromatic heterocycles. The van der Waals surface area contributed by atoms with Gasteiger partial charge in [-0.1, -0.05) is 17.7 Å². The lowest BCUT2D eigenvalue weighted by Crippen LogP contribution is -2.17. The van der Waals surface area contributed by atoms with Gasteiger partial charge in [0.1, 0.15) is 5.75 Å². The predicted molar refractivity (Wildman–Crippen MR) is 77.4 cm³/mol. The molecule has 0 spiro atoms. The van der Waals surface area contributed by atoms with Crippen molar-refractivity contribution < 1.29 is 9.53 Å². The molecule has 6 heteroatoms. The summed E-state index contributed by atoms with van der Waals surface area (Å²) in [5.41, 5.74) is 2.93. The topological polar surface area (TPSA) is 50.7 Å². The number of benzene rings is 1. The molecule has 0 unspecified atom stereocenters. The largest absolute Gasteiger partial charge is 0.497 e. The van der Waals surface area contributed by atoms with Crippen LogP contribution >= 0.6 is 22.9 Å². The predicted octanol–water partition coefficient (Wildman–Crippen LogP) is 3.17. The summed E-state index contributed by atoms with van der Waals surface area (Å²) in [5, 5.41) is 3.87. The molecule has 1 heterocycles. The van der Waals surface area contributed by atoms with Crippen LogP contribution in [0.25, 0.3) is 0 Å². The summed E-state index contributed by atoms with van der Waals surface area (Å²) in [7, 11) is 1.55. The van der Waals surface area contributed by atoms with E-state index in [1.807, 2.05) is 6.07 Å². The highest BCUT2D eigenvalue weighted by Crippen LogP contribution is 2.19. The van der Waals surface area contributed by atoms with Crippen LogP contribution in [-0.2, 0) is 0 Å². The normalized spacial score (nSPS) is 10.6. The van der Waals surface area contributed by atoms with E-state index in [0.717, 1.165) is 4.88 Å². The second-order valence-electron chi connectivity index (χ2n) is 3.57. The summed E-state index contributed by atoms with van der Waals surface area (Å²) in [4.78, 5) is 12.7. The van der Waals surface area contributed by atoms with Gasteiger partial charge in [-0.2, -0.15) is 5.10 Å². The highest BCUT2D eigenvalue weighted by Gasteiger charge is 2.04. The number of methoxy groups -OCH3 is 1. The molecule has 1 amide bonds. The second kappa shape index (κ2) is 6.36. The highest BCUT2D eigenvalue weighted by molar-refractivity contribution is 7.17. The molecule has 0 fully saturated rings. The van der Waals surface area contributed by atoms with Gasteiger partial charge < -0.3 is 4.74 Å². The van der Waals surface area contributed by atoms with Crippen LogP contribution < -0.4 is 10.2 Å². The minimum atomic E-state index is -0.294. The molecule has 0 aliphatic heterocycles. The van der Waals surface area contributed by atoms with Crippen molar-refractivity contribution >= 4 is 35.1 Å². The molecular weight excluding hydrogens is 284 g/mol. The van der Waals surface area contributed by atoms with E-state index in [4.69, 9.17) is 16.3 Å². The average Bonchev–Trinajstić information content (AvgIpc) is 2.84. The number of nitrogens with zero attached hydrogens (tertiary/aromatic N) is 1. The molecule has 4 nitrogen and oxygen atoms in total. The molecule has 2 rings (SSSR count). The summed E-state index contributed by atoms with van der Waals surface area (Å²) in [6, 6.07) is 10.5. The number of hydrogen-bond donors (Lipinski definition) is 1. The van der Waals surface area contributed by atoms with Crippen LogP contribution in [-0.4, -0.2) is 19.2 Å². The monoisotopic (exact) mass is 294 g/mol. The Hall–Kier alpha value is -1.85. The molecule has 98 valence electrons. The molecule has 0 bridgehead atoms. The van der Waals surface area contributed by atoms with E-state index in [1.165, 1.54) is 11.3 Å². The van der Waals surface area contributed by atoms with E-state index >= 15 is 0 Å². The standard InChI is InChI=1S/C13H11ClN2O2S/c1-18-10-4-2-3-9(7-10)13(17)16-15-8-11-5-6-12(14)19-11/h2-8H,1H3,(H,16,17)/b15-8+. The molecule has 0 saturated heterocycles. The molecule has 19 heavy (non-hydrogen) atoms. The zero-order valence-electron chi connectivity index (χ0n) is 10.1. The van der Waals surface area contributed by atoms with Gasteiger partial charge in [-0.15, -0.1) is 11.3 Å². The lowest BCUT2D eigenvalue weighted by Gasteiger charge is -2.02. The number of rotatable bonds is 4. The number of carbonyl (C=O) groups excluding carboxylic acids is 1. The van der Waals surface area contributed by atoms with E-state index in [0.29, 0.717) is 15.6 Å². The van der Waals surface area contributed by atoms with Crippen molar-refractivity contribution in [2.75, 3.05) is 7.11 Å². The molecule has 2 aromatic rings. The van der Waals surface area contributed by atoms with Gasteiger partial charge in [0.25, 0.3) is 5.91 Å². The van der Waals surface area contributed by atoms with Gasteiger partial charge in [-0.05, 0) is 30.3 Å². The Bertz CT molecular complexity index is 610. The minimum Gasteiger partial charge on any atom is -0.497 e. The van der Waals surface area contributed by atoms with Crippen LogP contribution in [0.15, 0.2) is 41.5 Å². The van der Waals surface area contributed by atoms with Crippen molar-refractivity contribution in [2.45, 2.75) is 0 Å². The first-order valence-corrected chi connectivity index (χ1v) is 6.61. The van der Waals surface area contributed by atoms with E-state index in [-0.39, 0.29) is 5.91 Å². The second-order valence-corrected chi connectivity index (χ2v) is 5.32. The molecule has 0 aliphatic rings. The molecule has 1 N–H and O–H groups in total. The third-order valence-electron chi connectivity index (χ3n) is 2.28. The first-order valence-electron chi connectivity index (χ1n) is 5.42. The van der Waals surface area contributed by atoms with Gasteiger partial charge in [0.15, 0.2) is 0 Å². The van der Waals surface area contributed by atoms with E-state index < -0.39 is 0 Å². The van der Waals surface area contributed by atoms with Crippen molar-refractivity contribution in [3.05, 3.63) is 51.2 Å². The van der Waals surface area contributed by atoms with E-state index in [2.05, 4.69) is 10.5 Å². The molecule has 0 aliphatic carbocycles. The summed E-state index contributed by atoms with van der Waals surface area (Å²) in [5.74, 6) is 0.333.